The van der Waals surface area contributed by atoms with E-state index in [0.29, 0.717) is 18.6 Å². The summed E-state index contributed by atoms with van der Waals surface area (Å²) in [6.07, 6.45) is 12.3. The zero-order chi connectivity index (χ0) is 19.3. The number of nitrogens with zero attached hydrogens (tertiary/aromatic N) is 5. The molecule has 0 spiro atoms. The van der Waals surface area contributed by atoms with Gasteiger partial charge < -0.3 is 15.0 Å². The molecular weight excluding hydrogens is 352 g/mol. The minimum atomic E-state index is 0.346. The summed E-state index contributed by atoms with van der Waals surface area (Å²) in [6, 6.07) is 4.06. The Morgan fingerprint density at radius 1 is 1.25 bits per heavy atom. The molecule has 0 amide bonds. The Kier molecular flexibility index (Phi) is 5.78. The second kappa shape index (κ2) is 8.63. The van der Waals surface area contributed by atoms with Gasteiger partial charge in [-0.1, -0.05) is 6.07 Å². The number of aromatic nitrogens is 3. The lowest BCUT2D eigenvalue weighted by Gasteiger charge is -2.21. The normalized spacial score (nSPS) is 20.7. The van der Waals surface area contributed by atoms with Crippen molar-refractivity contribution in [2.75, 3.05) is 20.1 Å². The second-order valence-electron chi connectivity index (χ2n) is 7.81. The molecule has 0 aromatic carbocycles. The molecule has 0 bridgehead atoms. The SMILES string of the molecule is CN=C(NCc1ccc(OC2CCCC2)nc1)N1CCC(c2cnn(C)c2)C1. The maximum atomic E-state index is 5.94. The third kappa shape index (κ3) is 4.46. The predicted octanol–water partition coefficient (Wildman–Crippen LogP) is 2.70. The molecule has 1 unspecified atom stereocenters. The van der Waals surface area contributed by atoms with Gasteiger partial charge in [-0.05, 0) is 43.2 Å². The van der Waals surface area contributed by atoms with Crippen molar-refractivity contribution in [2.45, 2.75) is 50.7 Å². The molecule has 0 radical (unpaired) electrons. The fraction of sp³-hybridized carbons (Fsp3) is 0.571. The molecule has 2 fully saturated rings. The first-order valence-electron chi connectivity index (χ1n) is 10.3. The predicted molar refractivity (Wildman–Crippen MR) is 109 cm³/mol. The van der Waals surface area contributed by atoms with Crippen LogP contribution >= 0.6 is 0 Å². The minimum absolute atomic E-state index is 0.346. The summed E-state index contributed by atoms with van der Waals surface area (Å²) in [7, 11) is 3.81. The standard InChI is InChI=1S/C21H30N6O/c1-22-21(27-10-9-17(15-27)18-13-25-26(2)14-18)24-12-16-7-8-20(23-11-16)28-19-5-3-4-6-19/h7-8,11,13-14,17,19H,3-6,9-10,12,15H2,1-2H3,(H,22,24). The molecule has 2 aromatic heterocycles. The van der Waals surface area contributed by atoms with Crippen LogP contribution in [-0.4, -0.2) is 51.9 Å². The quantitative estimate of drug-likeness (QED) is 0.636. The summed E-state index contributed by atoms with van der Waals surface area (Å²) < 4.78 is 7.82. The number of guanidine groups is 1. The highest BCUT2D eigenvalue weighted by Gasteiger charge is 2.26. The molecular formula is C21H30N6O. The van der Waals surface area contributed by atoms with Crippen molar-refractivity contribution in [2.24, 2.45) is 12.0 Å². The average Bonchev–Trinajstić information content (AvgIpc) is 3.46. The summed E-state index contributed by atoms with van der Waals surface area (Å²) in [5.74, 6) is 2.19. The summed E-state index contributed by atoms with van der Waals surface area (Å²) in [5.41, 5.74) is 2.44. The number of hydrogen-bond acceptors (Lipinski definition) is 4. The van der Waals surface area contributed by atoms with Crippen LogP contribution in [0.25, 0.3) is 0 Å². The molecule has 7 heteroatoms. The Bertz CT molecular complexity index is 793. The zero-order valence-electron chi connectivity index (χ0n) is 16.8. The Morgan fingerprint density at radius 2 is 2.11 bits per heavy atom. The van der Waals surface area contributed by atoms with Gasteiger partial charge in [0, 0.05) is 58.1 Å². The topological polar surface area (TPSA) is 67.6 Å². The molecule has 1 atom stereocenters. The molecule has 1 N–H and O–H groups in total. The molecule has 4 rings (SSSR count). The first-order chi connectivity index (χ1) is 13.7. The van der Waals surface area contributed by atoms with E-state index in [1.54, 1.807) is 0 Å². The maximum Gasteiger partial charge on any atom is 0.213 e. The second-order valence-corrected chi connectivity index (χ2v) is 7.81. The van der Waals surface area contributed by atoms with Gasteiger partial charge in [0.05, 0.1) is 6.20 Å². The summed E-state index contributed by atoms with van der Waals surface area (Å²) >= 11 is 0. The van der Waals surface area contributed by atoms with Crippen molar-refractivity contribution < 1.29 is 4.74 Å². The van der Waals surface area contributed by atoms with Crippen LogP contribution in [-0.2, 0) is 13.6 Å². The van der Waals surface area contributed by atoms with Crippen LogP contribution < -0.4 is 10.1 Å². The van der Waals surface area contributed by atoms with Crippen molar-refractivity contribution in [1.82, 2.24) is 25.0 Å². The van der Waals surface area contributed by atoms with Gasteiger partial charge in [-0.2, -0.15) is 5.10 Å². The van der Waals surface area contributed by atoms with Crippen LogP contribution in [0.2, 0.25) is 0 Å². The third-order valence-corrected chi connectivity index (χ3v) is 5.73. The van der Waals surface area contributed by atoms with E-state index in [0.717, 1.165) is 49.8 Å². The van der Waals surface area contributed by atoms with Gasteiger partial charge in [-0.3, -0.25) is 9.67 Å². The first kappa shape index (κ1) is 18.8. The average molecular weight is 383 g/mol. The van der Waals surface area contributed by atoms with Crippen LogP contribution in [0.3, 0.4) is 0 Å². The molecule has 7 nitrogen and oxygen atoms in total. The van der Waals surface area contributed by atoms with Gasteiger partial charge in [0.1, 0.15) is 6.10 Å². The number of rotatable bonds is 5. The van der Waals surface area contributed by atoms with E-state index in [2.05, 4.69) is 37.6 Å². The number of nitrogens with one attached hydrogen (secondary N) is 1. The Hall–Kier alpha value is -2.57. The third-order valence-electron chi connectivity index (χ3n) is 5.73. The van der Waals surface area contributed by atoms with Crippen molar-refractivity contribution in [3.63, 3.8) is 0 Å². The van der Waals surface area contributed by atoms with Crippen LogP contribution in [0.4, 0.5) is 0 Å². The Morgan fingerprint density at radius 3 is 2.79 bits per heavy atom. The summed E-state index contributed by atoms with van der Waals surface area (Å²) in [5, 5.41) is 7.77. The van der Waals surface area contributed by atoms with Crippen molar-refractivity contribution in [3.05, 3.63) is 41.9 Å². The smallest absolute Gasteiger partial charge is 0.213 e. The molecule has 1 saturated heterocycles. The fourth-order valence-electron chi connectivity index (χ4n) is 4.15. The van der Waals surface area contributed by atoms with Crippen molar-refractivity contribution >= 4 is 5.96 Å². The highest BCUT2D eigenvalue weighted by molar-refractivity contribution is 5.80. The molecule has 1 saturated carbocycles. The molecule has 150 valence electrons. The molecule has 2 aromatic rings. The van der Waals surface area contributed by atoms with Crippen LogP contribution in [0.1, 0.15) is 49.1 Å². The van der Waals surface area contributed by atoms with E-state index in [1.165, 1.54) is 18.4 Å². The minimum Gasteiger partial charge on any atom is -0.474 e. The zero-order valence-corrected chi connectivity index (χ0v) is 16.8. The van der Waals surface area contributed by atoms with E-state index in [-0.39, 0.29) is 0 Å². The van der Waals surface area contributed by atoms with Crippen LogP contribution in [0.15, 0.2) is 35.7 Å². The van der Waals surface area contributed by atoms with Gasteiger partial charge in [-0.15, -0.1) is 0 Å². The summed E-state index contributed by atoms with van der Waals surface area (Å²) in [6.45, 7) is 2.68. The number of aryl methyl sites for hydroxylation is 1. The van der Waals surface area contributed by atoms with Gasteiger partial charge in [0.2, 0.25) is 5.88 Å². The van der Waals surface area contributed by atoms with E-state index in [1.807, 2.05) is 37.2 Å². The van der Waals surface area contributed by atoms with Crippen LogP contribution in [0, 0.1) is 0 Å². The molecule has 1 aliphatic carbocycles. The number of hydrogen-bond donors (Lipinski definition) is 1. The Balaban J connectivity index is 1.28. The first-order valence-corrected chi connectivity index (χ1v) is 10.3. The number of ether oxygens (including phenoxy) is 1. The molecule has 28 heavy (non-hydrogen) atoms. The van der Waals surface area contributed by atoms with E-state index < -0.39 is 0 Å². The van der Waals surface area contributed by atoms with Crippen molar-refractivity contribution in [3.8, 4) is 5.88 Å². The number of aliphatic imine (C=N–C) groups is 1. The molecule has 3 heterocycles. The number of pyridine rings is 1. The molecule has 1 aliphatic heterocycles. The van der Waals surface area contributed by atoms with E-state index >= 15 is 0 Å². The summed E-state index contributed by atoms with van der Waals surface area (Å²) in [4.78, 5) is 11.3. The van der Waals surface area contributed by atoms with Gasteiger partial charge in [-0.25, -0.2) is 4.98 Å². The number of likely N-dealkylation sites (tertiary alicyclic amines) is 1. The molecule has 2 aliphatic rings. The van der Waals surface area contributed by atoms with Crippen molar-refractivity contribution in [1.29, 1.82) is 0 Å². The van der Waals surface area contributed by atoms with Gasteiger partial charge >= 0.3 is 0 Å². The van der Waals surface area contributed by atoms with Crippen LogP contribution in [0.5, 0.6) is 5.88 Å². The fourth-order valence-corrected chi connectivity index (χ4v) is 4.15. The highest BCUT2D eigenvalue weighted by atomic mass is 16.5. The monoisotopic (exact) mass is 382 g/mol. The lowest BCUT2D eigenvalue weighted by Crippen LogP contribution is -2.39. The lowest BCUT2D eigenvalue weighted by atomic mass is 10.0. The van der Waals surface area contributed by atoms with Gasteiger partial charge in [0.25, 0.3) is 0 Å². The Labute approximate surface area is 166 Å². The largest absolute Gasteiger partial charge is 0.474 e. The van der Waals surface area contributed by atoms with E-state index in [9.17, 15) is 0 Å². The lowest BCUT2D eigenvalue weighted by molar-refractivity contribution is 0.201. The van der Waals surface area contributed by atoms with E-state index in [4.69, 9.17) is 4.74 Å². The highest BCUT2D eigenvalue weighted by Crippen LogP contribution is 2.27. The van der Waals surface area contributed by atoms with Gasteiger partial charge in [0.15, 0.2) is 5.96 Å². The maximum absolute atomic E-state index is 5.94.